The summed E-state index contributed by atoms with van der Waals surface area (Å²) in [5.74, 6) is -0.402. The van der Waals surface area contributed by atoms with Crippen LogP contribution in [-0.4, -0.2) is 37.6 Å². The minimum atomic E-state index is -0.402. The number of benzene rings is 1. The van der Waals surface area contributed by atoms with Crippen LogP contribution in [0.25, 0.3) is 6.08 Å². The quantitative estimate of drug-likeness (QED) is 0.434. The number of rotatable bonds is 7. The molecule has 0 aliphatic heterocycles. The summed E-state index contributed by atoms with van der Waals surface area (Å²) in [7, 11) is 3.79. The number of carbonyl (C=O) groups excluding carboxylic acids is 1. The first-order valence-corrected chi connectivity index (χ1v) is 6.42. The zero-order valence-corrected chi connectivity index (χ0v) is 12.1. The van der Waals surface area contributed by atoms with Crippen LogP contribution in [0.3, 0.4) is 0 Å². The lowest BCUT2D eigenvalue weighted by atomic mass is 10.1. The second kappa shape index (κ2) is 8.12. The first-order chi connectivity index (χ1) is 9.56. The number of likely N-dealkylation sites (N-methyl/N-ethyl adjacent to an activating group) is 1. The molecule has 3 heteroatoms. The molecule has 1 aromatic rings. The maximum Gasteiger partial charge on any atom is 0.335 e. The normalized spacial score (nSPS) is 12.3. The fourth-order valence-corrected chi connectivity index (χ4v) is 1.71. The first kappa shape index (κ1) is 15.9. The molecule has 106 valence electrons. The maximum atomic E-state index is 11.8. The van der Waals surface area contributed by atoms with E-state index in [0.717, 1.165) is 5.56 Å². The van der Waals surface area contributed by atoms with E-state index in [4.69, 9.17) is 4.74 Å². The Morgan fingerprint density at radius 1 is 1.35 bits per heavy atom. The van der Waals surface area contributed by atoms with E-state index < -0.39 is 5.97 Å². The molecule has 0 saturated carbocycles. The van der Waals surface area contributed by atoms with Crippen LogP contribution in [0.5, 0.6) is 0 Å². The molecular weight excluding hydrogens is 250 g/mol. The lowest BCUT2D eigenvalue weighted by Gasteiger charge is -2.22. The van der Waals surface area contributed by atoms with Gasteiger partial charge in [0.2, 0.25) is 0 Å². The van der Waals surface area contributed by atoms with Crippen molar-refractivity contribution in [2.45, 2.75) is 6.04 Å². The van der Waals surface area contributed by atoms with Crippen LogP contribution < -0.4 is 0 Å². The van der Waals surface area contributed by atoms with E-state index in [1.165, 1.54) is 6.08 Å². The number of esters is 1. The van der Waals surface area contributed by atoms with Crippen LogP contribution in [0, 0.1) is 0 Å². The van der Waals surface area contributed by atoms with Crippen LogP contribution in [0.2, 0.25) is 0 Å². The van der Waals surface area contributed by atoms with E-state index in [0.29, 0.717) is 5.57 Å². The molecule has 0 spiro atoms. The molecule has 0 aliphatic rings. The van der Waals surface area contributed by atoms with Gasteiger partial charge in [-0.25, -0.2) is 4.79 Å². The fourth-order valence-electron chi connectivity index (χ4n) is 1.71. The van der Waals surface area contributed by atoms with Gasteiger partial charge in [-0.3, -0.25) is 4.90 Å². The summed E-state index contributed by atoms with van der Waals surface area (Å²) in [6.45, 7) is 7.55. The van der Waals surface area contributed by atoms with Gasteiger partial charge in [-0.15, -0.1) is 0 Å². The summed E-state index contributed by atoms with van der Waals surface area (Å²) in [4.78, 5) is 13.7. The minimum absolute atomic E-state index is 0.195. The van der Waals surface area contributed by atoms with E-state index >= 15 is 0 Å². The number of hydrogen-bond donors (Lipinski definition) is 0. The predicted octanol–water partition coefficient (Wildman–Crippen LogP) is 2.92. The average Bonchev–Trinajstić information content (AvgIpc) is 2.45. The van der Waals surface area contributed by atoms with E-state index in [1.54, 1.807) is 0 Å². The Morgan fingerprint density at radius 3 is 2.55 bits per heavy atom. The van der Waals surface area contributed by atoms with Gasteiger partial charge in [0, 0.05) is 0 Å². The average molecular weight is 271 g/mol. The van der Waals surface area contributed by atoms with Gasteiger partial charge in [-0.1, -0.05) is 61.7 Å². The fraction of sp³-hybridized carbons (Fsp3) is 0.235. The van der Waals surface area contributed by atoms with E-state index in [1.807, 2.05) is 61.5 Å². The molecule has 1 rings (SSSR count). The molecule has 0 N–H and O–H groups in total. The predicted molar refractivity (Wildman–Crippen MR) is 83.2 cm³/mol. The molecular formula is C17H21NO2. The molecule has 0 fully saturated rings. The van der Waals surface area contributed by atoms with Crippen LogP contribution in [0.4, 0.5) is 0 Å². The molecule has 0 aromatic heterocycles. The highest BCUT2D eigenvalue weighted by molar-refractivity contribution is 5.89. The van der Waals surface area contributed by atoms with Gasteiger partial charge in [-0.05, 0) is 19.7 Å². The van der Waals surface area contributed by atoms with Gasteiger partial charge in [0.25, 0.3) is 0 Å². The minimum Gasteiger partial charge on any atom is -0.458 e. The summed E-state index contributed by atoms with van der Waals surface area (Å²) in [6.07, 6.45) is 5.44. The Bertz CT molecular complexity index is 489. The molecule has 0 heterocycles. The summed E-state index contributed by atoms with van der Waals surface area (Å²) >= 11 is 0. The zero-order valence-electron chi connectivity index (χ0n) is 12.1. The Balaban J connectivity index is 2.79. The molecule has 0 aliphatic carbocycles. The lowest BCUT2D eigenvalue weighted by Crippen LogP contribution is -2.31. The highest BCUT2D eigenvalue weighted by Gasteiger charge is 2.19. The number of hydrogen-bond acceptors (Lipinski definition) is 3. The Labute approximate surface area is 120 Å². The highest BCUT2D eigenvalue weighted by atomic mass is 16.5. The van der Waals surface area contributed by atoms with E-state index in [-0.39, 0.29) is 12.6 Å². The van der Waals surface area contributed by atoms with Gasteiger partial charge >= 0.3 is 5.97 Å². The lowest BCUT2D eigenvalue weighted by molar-refractivity contribution is -0.138. The molecule has 0 amide bonds. The van der Waals surface area contributed by atoms with Gasteiger partial charge in [0.15, 0.2) is 0 Å². The molecule has 0 bridgehead atoms. The van der Waals surface area contributed by atoms with E-state index in [9.17, 15) is 4.79 Å². The molecule has 1 unspecified atom stereocenters. The summed E-state index contributed by atoms with van der Waals surface area (Å²) in [5, 5.41) is 0. The molecule has 1 atom stereocenters. The number of ether oxygens (including phenoxy) is 1. The van der Waals surface area contributed by atoms with Gasteiger partial charge in [-0.2, -0.15) is 0 Å². The van der Waals surface area contributed by atoms with Crippen LogP contribution >= 0.6 is 0 Å². The summed E-state index contributed by atoms with van der Waals surface area (Å²) in [5.41, 5.74) is 1.48. The van der Waals surface area contributed by atoms with Crippen molar-refractivity contribution >= 4 is 12.0 Å². The van der Waals surface area contributed by atoms with Crippen molar-refractivity contribution in [2.24, 2.45) is 0 Å². The van der Waals surface area contributed by atoms with Gasteiger partial charge in [0.1, 0.15) is 6.61 Å². The zero-order chi connectivity index (χ0) is 15.0. The molecule has 3 nitrogen and oxygen atoms in total. The summed E-state index contributed by atoms with van der Waals surface area (Å²) < 4.78 is 5.02. The SMILES string of the molecule is C=CCOC(=O)C(=C)C(C=Cc1ccccc1)N(C)C. The summed E-state index contributed by atoms with van der Waals surface area (Å²) in [6, 6.07) is 9.71. The second-order valence-corrected chi connectivity index (χ2v) is 4.59. The molecule has 0 radical (unpaired) electrons. The van der Waals surface area contributed by atoms with Crippen molar-refractivity contribution in [3.05, 3.63) is 66.8 Å². The third-order valence-corrected chi connectivity index (χ3v) is 2.78. The first-order valence-electron chi connectivity index (χ1n) is 6.42. The standard InChI is InChI=1S/C17H21NO2/c1-5-13-20-17(19)14(2)16(18(3)4)12-11-15-9-7-6-8-10-15/h5-12,16H,1-2,13H2,3-4H3. The Hall–Kier alpha value is -2.13. The Morgan fingerprint density at radius 2 is 2.00 bits per heavy atom. The van der Waals surface area contributed by atoms with Crippen molar-refractivity contribution in [1.82, 2.24) is 4.90 Å². The second-order valence-electron chi connectivity index (χ2n) is 4.59. The highest BCUT2D eigenvalue weighted by Crippen LogP contribution is 2.12. The number of carbonyl (C=O) groups is 1. The third-order valence-electron chi connectivity index (χ3n) is 2.78. The molecule has 0 saturated heterocycles. The van der Waals surface area contributed by atoms with Crippen LogP contribution in [0.15, 0.2) is 61.2 Å². The van der Waals surface area contributed by atoms with Crippen LogP contribution in [0.1, 0.15) is 5.56 Å². The van der Waals surface area contributed by atoms with Crippen molar-refractivity contribution < 1.29 is 9.53 Å². The molecule has 20 heavy (non-hydrogen) atoms. The van der Waals surface area contributed by atoms with Gasteiger partial charge in [0.05, 0.1) is 11.6 Å². The monoisotopic (exact) mass is 271 g/mol. The van der Waals surface area contributed by atoms with Gasteiger partial charge < -0.3 is 4.74 Å². The van der Waals surface area contributed by atoms with Crippen molar-refractivity contribution in [3.63, 3.8) is 0 Å². The maximum absolute atomic E-state index is 11.8. The number of nitrogens with zero attached hydrogens (tertiary/aromatic N) is 1. The van der Waals surface area contributed by atoms with Crippen LogP contribution in [-0.2, 0) is 9.53 Å². The smallest absolute Gasteiger partial charge is 0.335 e. The van der Waals surface area contributed by atoms with Crippen molar-refractivity contribution in [2.75, 3.05) is 20.7 Å². The van der Waals surface area contributed by atoms with Crippen molar-refractivity contribution in [1.29, 1.82) is 0 Å². The topological polar surface area (TPSA) is 29.5 Å². The largest absolute Gasteiger partial charge is 0.458 e. The third kappa shape index (κ3) is 4.86. The molecule has 1 aromatic carbocycles. The van der Waals surface area contributed by atoms with E-state index in [2.05, 4.69) is 13.2 Å². The Kier molecular flexibility index (Phi) is 6.47. The van der Waals surface area contributed by atoms with Crippen molar-refractivity contribution in [3.8, 4) is 0 Å².